The van der Waals surface area contributed by atoms with E-state index in [2.05, 4.69) is 20.4 Å². The first-order valence-electron chi connectivity index (χ1n) is 9.53. The van der Waals surface area contributed by atoms with Crippen molar-refractivity contribution >= 4 is 5.97 Å². The maximum absolute atomic E-state index is 11.0. The van der Waals surface area contributed by atoms with E-state index in [4.69, 9.17) is 4.74 Å². The summed E-state index contributed by atoms with van der Waals surface area (Å²) in [6, 6.07) is 0. The van der Waals surface area contributed by atoms with E-state index in [1.54, 1.807) is 0 Å². The second kappa shape index (κ2) is 16.6. The summed E-state index contributed by atoms with van der Waals surface area (Å²) < 4.78 is 5.09. The third-order valence-corrected chi connectivity index (χ3v) is 4.35. The van der Waals surface area contributed by atoms with Crippen molar-refractivity contribution in [2.24, 2.45) is 5.92 Å². The van der Waals surface area contributed by atoms with Crippen LogP contribution in [0.1, 0.15) is 97.3 Å². The lowest BCUT2D eigenvalue weighted by atomic mass is 9.90. The molecular formula is C20H38O2. The number of carbonyl (C=O) groups excluding carboxylic acids is 1. The minimum atomic E-state index is -0.293. The van der Waals surface area contributed by atoms with Gasteiger partial charge in [0.25, 0.3) is 0 Å². The van der Waals surface area contributed by atoms with E-state index in [9.17, 15) is 4.79 Å². The molecule has 1 atom stereocenters. The molecule has 22 heavy (non-hydrogen) atoms. The third kappa shape index (κ3) is 14.2. The van der Waals surface area contributed by atoms with Crippen LogP contribution >= 0.6 is 0 Å². The van der Waals surface area contributed by atoms with Gasteiger partial charge in [-0.05, 0) is 18.8 Å². The lowest BCUT2D eigenvalue weighted by Gasteiger charge is -2.17. The van der Waals surface area contributed by atoms with Crippen LogP contribution < -0.4 is 0 Å². The minimum absolute atomic E-state index is 0.293. The average molecular weight is 311 g/mol. The van der Waals surface area contributed by atoms with Gasteiger partial charge < -0.3 is 4.74 Å². The molecule has 1 unspecified atom stereocenters. The van der Waals surface area contributed by atoms with Gasteiger partial charge in [0.2, 0.25) is 0 Å². The van der Waals surface area contributed by atoms with Gasteiger partial charge in [-0.25, -0.2) is 4.79 Å². The van der Waals surface area contributed by atoms with Crippen molar-refractivity contribution in [3.05, 3.63) is 12.7 Å². The Morgan fingerprint density at radius 2 is 1.36 bits per heavy atom. The van der Waals surface area contributed by atoms with Gasteiger partial charge in [0, 0.05) is 6.08 Å². The molecule has 0 bridgehead atoms. The van der Waals surface area contributed by atoms with Crippen LogP contribution in [0.15, 0.2) is 12.7 Å². The summed E-state index contributed by atoms with van der Waals surface area (Å²) in [6.07, 6.45) is 18.4. The van der Waals surface area contributed by atoms with Gasteiger partial charge in [-0.2, -0.15) is 0 Å². The predicted molar refractivity (Wildman–Crippen MR) is 96.0 cm³/mol. The van der Waals surface area contributed by atoms with E-state index < -0.39 is 0 Å². The molecular weight excluding hydrogens is 272 g/mol. The average Bonchev–Trinajstić information content (AvgIpc) is 2.54. The van der Waals surface area contributed by atoms with Crippen LogP contribution in [-0.2, 0) is 9.53 Å². The molecule has 0 aliphatic rings. The Morgan fingerprint density at radius 3 is 1.91 bits per heavy atom. The van der Waals surface area contributed by atoms with E-state index >= 15 is 0 Å². The fourth-order valence-corrected chi connectivity index (χ4v) is 2.93. The molecule has 2 heteroatoms. The molecule has 0 aliphatic heterocycles. The number of ether oxygens (including phenoxy) is 1. The summed E-state index contributed by atoms with van der Waals surface area (Å²) in [7, 11) is 0. The first-order valence-corrected chi connectivity index (χ1v) is 9.53. The van der Waals surface area contributed by atoms with Gasteiger partial charge in [-0.3, -0.25) is 0 Å². The summed E-state index contributed by atoms with van der Waals surface area (Å²) in [6.45, 7) is 8.50. The number of carbonyl (C=O) groups is 1. The molecule has 0 aromatic carbocycles. The normalized spacial score (nSPS) is 12.1. The van der Waals surface area contributed by atoms with Crippen LogP contribution in [0.4, 0.5) is 0 Å². The van der Waals surface area contributed by atoms with E-state index in [1.807, 2.05) is 0 Å². The molecule has 0 heterocycles. The molecule has 0 spiro atoms. The molecule has 2 nitrogen and oxygen atoms in total. The number of rotatable bonds is 16. The topological polar surface area (TPSA) is 26.3 Å². The first-order chi connectivity index (χ1) is 10.7. The monoisotopic (exact) mass is 310 g/mol. The Hall–Kier alpha value is -0.790. The quantitative estimate of drug-likeness (QED) is 0.186. The summed E-state index contributed by atoms with van der Waals surface area (Å²) >= 11 is 0. The molecule has 0 fully saturated rings. The van der Waals surface area contributed by atoms with Gasteiger partial charge in [0.1, 0.15) is 0 Å². The second-order valence-electron chi connectivity index (χ2n) is 6.43. The van der Waals surface area contributed by atoms with Crippen molar-refractivity contribution < 1.29 is 9.53 Å². The Morgan fingerprint density at radius 1 is 0.864 bits per heavy atom. The van der Waals surface area contributed by atoms with Crippen molar-refractivity contribution in [2.45, 2.75) is 97.3 Å². The summed E-state index contributed by atoms with van der Waals surface area (Å²) in [5.74, 6) is 0.528. The highest BCUT2D eigenvalue weighted by Gasteiger charge is 2.09. The first kappa shape index (κ1) is 21.2. The lowest BCUT2D eigenvalue weighted by Crippen LogP contribution is -2.06. The highest BCUT2D eigenvalue weighted by Crippen LogP contribution is 2.23. The highest BCUT2D eigenvalue weighted by atomic mass is 16.5. The van der Waals surface area contributed by atoms with Gasteiger partial charge in [-0.15, -0.1) is 0 Å². The fraction of sp³-hybridized carbons (Fsp3) is 0.850. The molecule has 0 saturated carbocycles. The maximum Gasteiger partial charge on any atom is 0.330 e. The Labute approximate surface area is 138 Å². The molecule has 130 valence electrons. The second-order valence-corrected chi connectivity index (χ2v) is 6.43. The number of hydrogen-bond acceptors (Lipinski definition) is 2. The Balaban J connectivity index is 3.83. The van der Waals surface area contributed by atoms with E-state index in [0.717, 1.165) is 12.3 Å². The van der Waals surface area contributed by atoms with Crippen LogP contribution in [0.2, 0.25) is 0 Å². The van der Waals surface area contributed by atoms with E-state index in [1.165, 1.54) is 83.1 Å². The molecule has 0 aromatic rings. The summed E-state index contributed by atoms with van der Waals surface area (Å²) in [4.78, 5) is 11.0. The molecule has 0 aliphatic carbocycles. The highest BCUT2D eigenvalue weighted by molar-refractivity contribution is 5.81. The predicted octanol–water partition coefficient (Wildman–Crippen LogP) is 6.44. The van der Waals surface area contributed by atoms with Gasteiger partial charge >= 0.3 is 5.97 Å². The van der Waals surface area contributed by atoms with Crippen molar-refractivity contribution in [3.63, 3.8) is 0 Å². The Kier molecular flexibility index (Phi) is 16.0. The third-order valence-electron chi connectivity index (χ3n) is 4.35. The van der Waals surface area contributed by atoms with Crippen molar-refractivity contribution in [1.29, 1.82) is 0 Å². The van der Waals surface area contributed by atoms with Crippen molar-refractivity contribution in [1.82, 2.24) is 0 Å². The largest absolute Gasteiger partial charge is 0.463 e. The van der Waals surface area contributed by atoms with Crippen LogP contribution in [0.3, 0.4) is 0 Å². The smallest absolute Gasteiger partial charge is 0.330 e. The van der Waals surface area contributed by atoms with Crippen LogP contribution in [0.25, 0.3) is 0 Å². The maximum atomic E-state index is 11.0. The lowest BCUT2D eigenvalue weighted by molar-refractivity contribution is -0.137. The molecule has 0 saturated heterocycles. The zero-order valence-electron chi connectivity index (χ0n) is 15.1. The van der Waals surface area contributed by atoms with Crippen LogP contribution in [0.5, 0.6) is 0 Å². The van der Waals surface area contributed by atoms with E-state index in [0.29, 0.717) is 6.61 Å². The number of hydrogen-bond donors (Lipinski definition) is 0. The van der Waals surface area contributed by atoms with Crippen LogP contribution in [0, 0.1) is 5.92 Å². The SMILES string of the molecule is C=CC(=O)OCCCC(CCCCCC)CCCCCCC. The molecule has 0 rings (SSSR count). The van der Waals surface area contributed by atoms with Gasteiger partial charge in [0.15, 0.2) is 0 Å². The van der Waals surface area contributed by atoms with Crippen molar-refractivity contribution in [3.8, 4) is 0 Å². The fourth-order valence-electron chi connectivity index (χ4n) is 2.93. The molecule has 0 aromatic heterocycles. The number of unbranched alkanes of at least 4 members (excludes halogenated alkanes) is 7. The van der Waals surface area contributed by atoms with Gasteiger partial charge in [-0.1, -0.05) is 91.1 Å². The minimum Gasteiger partial charge on any atom is -0.463 e. The number of esters is 1. The van der Waals surface area contributed by atoms with Crippen LogP contribution in [-0.4, -0.2) is 12.6 Å². The zero-order chi connectivity index (χ0) is 16.5. The summed E-state index contributed by atoms with van der Waals surface area (Å²) in [5.41, 5.74) is 0. The van der Waals surface area contributed by atoms with Crippen molar-refractivity contribution in [2.75, 3.05) is 6.61 Å². The molecule has 0 radical (unpaired) electrons. The zero-order valence-corrected chi connectivity index (χ0v) is 15.1. The molecule has 0 N–H and O–H groups in total. The van der Waals surface area contributed by atoms with Gasteiger partial charge in [0.05, 0.1) is 6.61 Å². The summed E-state index contributed by atoms with van der Waals surface area (Å²) in [5, 5.41) is 0. The van der Waals surface area contributed by atoms with E-state index in [-0.39, 0.29) is 5.97 Å². The standard InChI is InChI=1S/C20H38O2/c1-4-7-9-11-13-16-19(15-12-10-8-5-2)17-14-18-22-20(21)6-3/h6,19H,3-5,7-18H2,1-2H3. The Bertz CT molecular complexity index is 260. The molecule has 0 amide bonds.